The molecule has 0 atom stereocenters. The predicted octanol–water partition coefficient (Wildman–Crippen LogP) is 4.88. The summed E-state index contributed by atoms with van der Waals surface area (Å²) in [5, 5.41) is -1.16. The molecular weight excluding hydrogens is 534 g/mol. The van der Waals surface area contributed by atoms with Gasteiger partial charge in [-0.3, -0.25) is 9.52 Å². The molecule has 3 fully saturated rings. The second-order valence-electron chi connectivity index (χ2n) is 11.7. The number of sulfonamides is 1. The van der Waals surface area contributed by atoms with Crippen molar-refractivity contribution in [3.63, 3.8) is 0 Å². The first kappa shape index (κ1) is 25.7. The molecule has 3 aliphatic carbocycles. The van der Waals surface area contributed by atoms with Crippen LogP contribution in [0.1, 0.15) is 67.3 Å². The number of nitrogens with zero attached hydrogens (tertiary/aromatic N) is 1. The number of rotatable bonds is 5. The van der Waals surface area contributed by atoms with E-state index >= 15 is 0 Å². The average molecular weight is 565 g/mol. The van der Waals surface area contributed by atoms with Gasteiger partial charge in [0.1, 0.15) is 0 Å². The van der Waals surface area contributed by atoms with Gasteiger partial charge in [0.2, 0.25) is 10.0 Å². The van der Waals surface area contributed by atoms with E-state index in [9.17, 15) is 30.4 Å². The van der Waals surface area contributed by atoms with Crippen LogP contribution in [0.2, 0.25) is 0 Å². The fraction of sp³-hybridized carbons (Fsp3) is 0.519. The summed E-state index contributed by atoms with van der Waals surface area (Å²) in [5.41, 5.74) is 2.33. The maximum atomic E-state index is 13.8. The minimum Gasteiger partial charge on any atom is -0.307 e. The molecule has 6 rings (SSSR count). The van der Waals surface area contributed by atoms with Gasteiger partial charge in [-0.15, -0.1) is 0 Å². The molecule has 1 amide bonds. The van der Waals surface area contributed by atoms with Crippen LogP contribution in [-0.4, -0.2) is 46.7 Å². The number of halogens is 2. The molecule has 2 spiro atoms. The van der Waals surface area contributed by atoms with Crippen LogP contribution < -0.4 is 9.62 Å². The van der Waals surface area contributed by atoms with Crippen LogP contribution in [0.3, 0.4) is 0 Å². The summed E-state index contributed by atoms with van der Waals surface area (Å²) in [4.78, 5) is 15.4. The number of amides is 1. The van der Waals surface area contributed by atoms with Crippen molar-refractivity contribution in [3.05, 3.63) is 53.6 Å². The largest absolute Gasteiger partial charge is 0.307 e. The highest BCUT2D eigenvalue weighted by Crippen LogP contribution is 2.62. The second-order valence-corrected chi connectivity index (χ2v) is 15.7. The summed E-state index contributed by atoms with van der Waals surface area (Å²) in [6.07, 6.45) is 6.00. The van der Waals surface area contributed by atoms with Gasteiger partial charge >= 0.3 is 0 Å². The Hall–Kier alpha value is -2.53. The smallest absolute Gasteiger partial charge is 0.258 e. The zero-order valence-corrected chi connectivity index (χ0v) is 22.7. The van der Waals surface area contributed by atoms with Crippen LogP contribution in [0.4, 0.5) is 20.2 Å². The summed E-state index contributed by atoms with van der Waals surface area (Å²) < 4.78 is 78.9. The van der Waals surface area contributed by atoms with E-state index in [-0.39, 0.29) is 21.8 Å². The van der Waals surface area contributed by atoms with Crippen molar-refractivity contribution in [2.24, 2.45) is 5.41 Å². The molecule has 0 aromatic heterocycles. The van der Waals surface area contributed by atoms with E-state index in [2.05, 4.69) is 4.72 Å². The van der Waals surface area contributed by atoms with Crippen molar-refractivity contribution in [1.29, 1.82) is 0 Å². The number of carbonyl (C=O) groups excluding carboxylic acids is 1. The lowest BCUT2D eigenvalue weighted by Crippen LogP contribution is -2.44. The number of hydrogen-bond acceptors (Lipinski definition) is 5. The van der Waals surface area contributed by atoms with Gasteiger partial charge < -0.3 is 4.90 Å². The minimum absolute atomic E-state index is 0.126. The summed E-state index contributed by atoms with van der Waals surface area (Å²) in [6, 6.07) is 10.9. The first-order valence-electron chi connectivity index (χ1n) is 12.9. The molecule has 1 heterocycles. The summed E-state index contributed by atoms with van der Waals surface area (Å²) in [5.74, 6) is -3.34. The molecule has 2 aromatic rings. The zero-order chi connectivity index (χ0) is 27.1. The molecule has 3 saturated carbocycles. The lowest BCUT2D eigenvalue weighted by Gasteiger charge is -2.38. The van der Waals surface area contributed by atoms with Gasteiger partial charge in [-0.25, -0.2) is 25.6 Å². The second kappa shape index (κ2) is 8.24. The van der Waals surface area contributed by atoms with Gasteiger partial charge in [0, 0.05) is 41.7 Å². The van der Waals surface area contributed by atoms with Crippen molar-refractivity contribution in [2.45, 2.75) is 72.8 Å². The highest BCUT2D eigenvalue weighted by atomic mass is 32.2. The fourth-order valence-corrected chi connectivity index (χ4v) is 8.90. The lowest BCUT2D eigenvalue weighted by atomic mass is 9.66. The summed E-state index contributed by atoms with van der Waals surface area (Å²) in [7, 11) is -7.47. The first-order valence-corrected chi connectivity index (χ1v) is 16.3. The fourth-order valence-electron chi connectivity index (χ4n) is 6.47. The molecule has 1 N–H and O–H groups in total. The number of nitrogens with one attached hydrogen (secondary N) is 1. The van der Waals surface area contributed by atoms with Crippen molar-refractivity contribution in [1.82, 2.24) is 0 Å². The zero-order valence-electron chi connectivity index (χ0n) is 21.0. The van der Waals surface area contributed by atoms with E-state index < -0.39 is 43.9 Å². The normalized spacial score (nSPS) is 23.2. The predicted molar refractivity (Wildman–Crippen MR) is 140 cm³/mol. The number of alkyl halides is 2. The SMILES string of the molecule is CS(=O)(=O)Nc1ccc2c(c1)C1(CCC3(CC3)CC1)CN2C(=O)c1cccc(S(=O)(=O)C2CC(F)(F)C2)c1. The standard InChI is InChI=1S/C27H30F2N2O5S2/c1-37(33,34)30-19-5-6-23-22(14-19)26(11-9-25(7-8-25)10-12-26)17-31(23)24(32)18-3-2-4-20(13-18)38(35,36)21-15-27(28,29)16-21/h2-6,13-14,21,30H,7-12,15-17H2,1H3. The quantitative estimate of drug-likeness (QED) is 0.558. The van der Waals surface area contributed by atoms with E-state index in [4.69, 9.17) is 0 Å². The van der Waals surface area contributed by atoms with Crippen molar-refractivity contribution in [2.75, 3.05) is 22.4 Å². The summed E-state index contributed by atoms with van der Waals surface area (Å²) in [6.45, 7) is 0.422. The van der Waals surface area contributed by atoms with Gasteiger partial charge in [-0.1, -0.05) is 6.07 Å². The van der Waals surface area contributed by atoms with E-state index in [0.29, 0.717) is 23.3 Å². The molecule has 2 aromatic carbocycles. The van der Waals surface area contributed by atoms with Crippen LogP contribution in [0.25, 0.3) is 0 Å². The van der Waals surface area contributed by atoms with Gasteiger partial charge in [0.15, 0.2) is 9.84 Å². The molecule has 0 unspecified atom stereocenters. The van der Waals surface area contributed by atoms with E-state index in [1.54, 1.807) is 23.1 Å². The molecular formula is C27H30F2N2O5S2. The molecule has 7 nitrogen and oxygen atoms in total. The van der Waals surface area contributed by atoms with Crippen LogP contribution in [0.5, 0.6) is 0 Å². The van der Waals surface area contributed by atoms with Gasteiger partial charge in [-0.2, -0.15) is 0 Å². The number of anilines is 2. The monoisotopic (exact) mass is 564 g/mol. The number of benzene rings is 2. The van der Waals surface area contributed by atoms with Crippen molar-refractivity contribution < 1.29 is 30.4 Å². The highest BCUT2D eigenvalue weighted by molar-refractivity contribution is 7.92. The molecule has 1 aliphatic heterocycles. The Balaban J connectivity index is 1.33. The third kappa shape index (κ3) is 4.41. The highest BCUT2D eigenvalue weighted by Gasteiger charge is 2.54. The first-order chi connectivity index (χ1) is 17.7. The van der Waals surface area contributed by atoms with Crippen LogP contribution in [0.15, 0.2) is 47.4 Å². The number of carbonyl (C=O) groups is 1. The maximum Gasteiger partial charge on any atom is 0.258 e. The Bertz CT molecular complexity index is 1530. The topological polar surface area (TPSA) is 101 Å². The number of sulfone groups is 1. The Morgan fingerprint density at radius 2 is 1.61 bits per heavy atom. The van der Waals surface area contributed by atoms with Crippen LogP contribution in [-0.2, 0) is 25.3 Å². The minimum atomic E-state index is -3.99. The Labute approximate surface area is 221 Å². The third-order valence-electron chi connectivity index (χ3n) is 8.99. The third-order valence-corrected chi connectivity index (χ3v) is 11.7. The van der Waals surface area contributed by atoms with Crippen molar-refractivity contribution in [3.8, 4) is 0 Å². The van der Waals surface area contributed by atoms with Crippen LogP contribution >= 0.6 is 0 Å². The Morgan fingerprint density at radius 3 is 2.21 bits per heavy atom. The van der Waals surface area contributed by atoms with E-state index in [1.807, 2.05) is 6.07 Å². The molecule has 11 heteroatoms. The molecule has 0 radical (unpaired) electrons. The van der Waals surface area contributed by atoms with Gasteiger partial charge in [-0.05, 0) is 85.9 Å². The molecule has 0 bridgehead atoms. The summed E-state index contributed by atoms with van der Waals surface area (Å²) >= 11 is 0. The van der Waals surface area contributed by atoms with Crippen molar-refractivity contribution >= 4 is 37.1 Å². The average Bonchev–Trinajstić information content (AvgIpc) is 3.53. The molecule has 38 heavy (non-hydrogen) atoms. The Kier molecular flexibility index (Phi) is 5.58. The molecule has 204 valence electrons. The van der Waals surface area contributed by atoms with Crippen LogP contribution in [0, 0.1) is 5.41 Å². The molecule has 0 saturated heterocycles. The maximum absolute atomic E-state index is 13.8. The Morgan fingerprint density at radius 1 is 0.947 bits per heavy atom. The number of fused-ring (bicyclic) bond motifs is 2. The van der Waals surface area contributed by atoms with E-state index in [0.717, 1.165) is 37.5 Å². The van der Waals surface area contributed by atoms with Gasteiger partial charge in [0.05, 0.1) is 16.4 Å². The van der Waals surface area contributed by atoms with E-state index in [1.165, 1.54) is 31.0 Å². The number of hydrogen-bond donors (Lipinski definition) is 1. The molecule has 4 aliphatic rings. The lowest BCUT2D eigenvalue weighted by molar-refractivity contribution is -0.0685. The van der Waals surface area contributed by atoms with Gasteiger partial charge in [0.25, 0.3) is 11.8 Å².